The highest BCUT2D eigenvalue weighted by Gasteiger charge is 2.21. The summed E-state index contributed by atoms with van der Waals surface area (Å²) in [5.74, 6) is 0.109. The first-order valence-electron chi connectivity index (χ1n) is 5.38. The van der Waals surface area contributed by atoms with Gasteiger partial charge >= 0.3 is 0 Å². The normalized spacial score (nSPS) is 16.4. The number of aliphatic hydroxyl groups excluding tert-OH is 1. The van der Waals surface area contributed by atoms with E-state index in [1.165, 1.54) is 11.3 Å². The van der Waals surface area contributed by atoms with Gasteiger partial charge in [-0.2, -0.15) is 0 Å². The Bertz CT molecular complexity index is 416. The van der Waals surface area contributed by atoms with E-state index in [-0.39, 0.29) is 12.5 Å². The molecule has 94 valence electrons. The number of carbonyl (C=O) groups is 1. The molecule has 0 atom stereocenters. The zero-order valence-corrected chi connectivity index (χ0v) is 11.1. The maximum atomic E-state index is 11.2. The number of hydrogen-bond donors (Lipinski definition) is 1. The molecule has 0 aliphatic carbocycles. The van der Waals surface area contributed by atoms with E-state index in [2.05, 4.69) is 9.88 Å². The molecule has 0 aromatic carbocycles. The molecule has 5 nitrogen and oxygen atoms in total. The molecule has 1 amide bonds. The van der Waals surface area contributed by atoms with Crippen molar-refractivity contribution >= 4 is 34.0 Å². The van der Waals surface area contributed by atoms with Gasteiger partial charge in [0.15, 0.2) is 5.13 Å². The van der Waals surface area contributed by atoms with Gasteiger partial charge in [-0.3, -0.25) is 4.79 Å². The van der Waals surface area contributed by atoms with Gasteiger partial charge in [-0.05, 0) is 0 Å². The molecule has 17 heavy (non-hydrogen) atoms. The molecule has 7 heteroatoms. The average molecular weight is 276 g/mol. The average Bonchev–Trinajstić information content (AvgIpc) is 2.70. The van der Waals surface area contributed by atoms with Gasteiger partial charge in [0.2, 0.25) is 5.91 Å². The van der Waals surface area contributed by atoms with Gasteiger partial charge in [0.1, 0.15) is 5.15 Å². The van der Waals surface area contributed by atoms with Crippen LogP contribution in [0.15, 0.2) is 0 Å². The number of amides is 1. The predicted octanol–water partition coefficient (Wildman–Crippen LogP) is 0.957. The summed E-state index contributed by atoms with van der Waals surface area (Å²) in [5.41, 5.74) is 0. The zero-order valence-electron chi connectivity index (χ0n) is 9.52. The molecule has 1 saturated heterocycles. The molecular weight excluding hydrogens is 262 g/mol. The fourth-order valence-electron chi connectivity index (χ4n) is 1.77. The molecule has 1 aromatic heterocycles. The van der Waals surface area contributed by atoms with Crippen LogP contribution < -0.4 is 4.90 Å². The maximum Gasteiger partial charge on any atom is 0.219 e. The lowest BCUT2D eigenvalue weighted by Crippen LogP contribution is -2.48. The largest absolute Gasteiger partial charge is 0.391 e. The number of halogens is 1. The van der Waals surface area contributed by atoms with Crippen LogP contribution in [-0.4, -0.2) is 47.1 Å². The third kappa shape index (κ3) is 2.70. The Morgan fingerprint density at radius 3 is 2.59 bits per heavy atom. The lowest BCUT2D eigenvalue weighted by Gasteiger charge is -2.33. The van der Waals surface area contributed by atoms with Crippen molar-refractivity contribution in [2.45, 2.75) is 13.5 Å². The van der Waals surface area contributed by atoms with E-state index in [0.717, 1.165) is 18.2 Å². The Kier molecular flexibility index (Phi) is 3.86. The first-order chi connectivity index (χ1) is 8.11. The Labute approximate surface area is 109 Å². The highest BCUT2D eigenvalue weighted by atomic mass is 35.5. The number of aliphatic hydroxyl groups is 1. The Hall–Kier alpha value is -0.850. The number of anilines is 1. The number of nitrogens with zero attached hydrogens (tertiary/aromatic N) is 3. The van der Waals surface area contributed by atoms with Crippen LogP contribution in [0.1, 0.15) is 11.8 Å². The number of piperazine rings is 1. The number of rotatable bonds is 2. The summed E-state index contributed by atoms with van der Waals surface area (Å²) in [6.45, 7) is 4.44. The van der Waals surface area contributed by atoms with Crippen molar-refractivity contribution in [1.29, 1.82) is 0 Å². The first kappa shape index (κ1) is 12.6. The fourth-order valence-corrected chi connectivity index (χ4v) is 2.94. The predicted molar refractivity (Wildman–Crippen MR) is 67.5 cm³/mol. The molecular formula is C10H14ClN3O2S. The lowest BCUT2D eigenvalue weighted by molar-refractivity contribution is -0.129. The highest BCUT2D eigenvalue weighted by molar-refractivity contribution is 7.16. The van der Waals surface area contributed by atoms with Gasteiger partial charge in [0.25, 0.3) is 0 Å². The van der Waals surface area contributed by atoms with Crippen LogP contribution in [-0.2, 0) is 11.4 Å². The van der Waals surface area contributed by atoms with E-state index in [1.807, 2.05) is 4.90 Å². The molecule has 0 unspecified atom stereocenters. The summed E-state index contributed by atoms with van der Waals surface area (Å²) >= 11 is 7.30. The van der Waals surface area contributed by atoms with E-state index >= 15 is 0 Å². The van der Waals surface area contributed by atoms with E-state index in [1.54, 1.807) is 6.92 Å². The second-order valence-corrected chi connectivity index (χ2v) is 5.28. The zero-order chi connectivity index (χ0) is 12.4. The quantitative estimate of drug-likeness (QED) is 0.873. The van der Waals surface area contributed by atoms with Crippen molar-refractivity contribution in [1.82, 2.24) is 9.88 Å². The van der Waals surface area contributed by atoms with Crippen molar-refractivity contribution < 1.29 is 9.90 Å². The molecule has 1 aliphatic heterocycles. The third-order valence-corrected chi connectivity index (χ3v) is 4.30. The van der Waals surface area contributed by atoms with Crippen LogP contribution >= 0.6 is 22.9 Å². The van der Waals surface area contributed by atoms with E-state index in [9.17, 15) is 4.79 Å². The van der Waals surface area contributed by atoms with Gasteiger partial charge in [-0.25, -0.2) is 4.98 Å². The van der Waals surface area contributed by atoms with Crippen molar-refractivity contribution in [2.75, 3.05) is 31.1 Å². The monoisotopic (exact) mass is 275 g/mol. The number of carbonyl (C=O) groups excluding carboxylic acids is 1. The summed E-state index contributed by atoms with van der Waals surface area (Å²) in [5, 5.41) is 10.3. The van der Waals surface area contributed by atoms with Crippen LogP contribution in [0, 0.1) is 0 Å². The minimum absolute atomic E-state index is 0.0795. The van der Waals surface area contributed by atoms with E-state index in [4.69, 9.17) is 16.7 Å². The first-order valence-corrected chi connectivity index (χ1v) is 6.57. The number of thiazole rings is 1. The summed E-state index contributed by atoms with van der Waals surface area (Å²) < 4.78 is 0. The summed E-state index contributed by atoms with van der Waals surface area (Å²) in [7, 11) is 0. The lowest BCUT2D eigenvalue weighted by atomic mass is 10.3. The fraction of sp³-hybridized carbons (Fsp3) is 0.600. The van der Waals surface area contributed by atoms with Gasteiger partial charge in [-0.15, -0.1) is 0 Å². The van der Waals surface area contributed by atoms with Gasteiger partial charge < -0.3 is 14.9 Å². The van der Waals surface area contributed by atoms with Gasteiger partial charge in [0.05, 0.1) is 11.5 Å². The summed E-state index contributed by atoms with van der Waals surface area (Å²) in [6, 6.07) is 0. The van der Waals surface area contributed by atoms with Crippen molar-refractivity contribution in [3.63, 3.8) is 0 Å². The minimum atomic E-state index is -0.0795. The molecule has 1 aliphatic rings. The second kappa shape index (κ2) is 5.20. The van der Waals surface area contributed by atoms with Crippen LogP contribution in [0.4, 0.5) is 5.13 Å². The topological polar surface area (TPSA) is 56.7 Å². The minimum Gasteiger partial charge on any atom is -0.391 e. The van der Waals surface area contributed by atoms with Gasteiger partial charge in [0, 0.05) is 33.1 Å². The van der Waals surface area contributed by atoms with Crippen molar-refractivity contribution in [3.8, 4) is 0 Å². The summed E-state index contributed by atoms with van der Waals surface area (Å²) in [4.78, 5) is 20.0. The molecule has 1 fully saturated rings. The molecule has 2 rings (SSSR count). The van der Waals surface area contributed by atoms with Crippen LogP contribution in [0.5, 0.6) is 0 Å². The SMILES string of the molecule is CC(=O)N1CCN(c2nc(Cl)c(CO)s2)CC1. The van der Waals surface area contributed by atoms with E-state index < -0.39 is 0 Å². The molecule has 0 spiro atoms. The van der Waals surface area contributed by atoms with Crippen LogP contribution in [0.2, 0.25) is 5.15 Å². The summed E-state index contributed by atoms with van der Waals surface area (Å²) in [6.07, 6.45) is 0. The number of aromatic nitrogens is 1. The van der Waals surface area contributed by atoms with Gasteiger partial charge in [-0.1, -0.05) is 22.9 Å². The molecule has 0 saturated carbocycles. The maximum absolute atomic E-state index is 11.2. The van der Waals surface area contributed by atoms with Crippen LogP contribution in [0.25, 0.3) is 0 Å². The van der Waals surface area contributed by atoms with Crippen molar-refractivity contribution in [3.05, 3.63) is 10.0 Å². The molecule has 1 N–H and O–H groups in total. The standard InChI is InChI=1S/C10H14ClN3O2S/c1-7(16)13-2-4-14(5-3-13)10-12-9(11)8(6-15)17-10/h15H,2-6H2,1H3. The second-order valence-electron chi connectivity index (χ2n) is 3.86. The third-order valence-electron chi connectivity index (χ3n) is 2.78. The van der Waals surface area contributed by atoms with Crippen molar-refractivity contribution in [2.24, 2.45) is 0 Å². The Balaban J connectivity index is 2.02. The molecule has 0 bridgehead atoms. The van der Waals surface area contributed by atoms with E-state index in [0.29, 0.717) is 23.1 Å². The van der Waals surface area contributed by atoms with Crippen LogP contribution in [0.3, 0.4) is 0 Å². The number of hydrogen-bond acceptors (Lipinski definition) is 5. The molecule has 2 heterocycles. The molecule has 1 aromatic rings. The Morgan fingerprint density at radius 2 is 2.12 bits per heavy atom. The Morgan fingerprint density at radius 1 is 1.47 bits per heavy atom. The highest BCUT2D eigenvalue weighted by Crippen LogP contribution is 2.30. The molecule has 0 radical (unpaired) electrons. The smallest absolute Gasteiger partial charge is 0.219 e.